The quantitative estimate of drug-likeness (QED) is 0.233. The molecule has 7 heteroatoms. The van der Waals surface area contributed by atoms with Gasteiger partial charge in [0.2, 0.25) is 0 Å². The van der Waals surface area contributed by atoms with Crippen LogP contribution in [0.25, 0.3) is 0 Å². The molecule has 106 valence electrons. The summed E-state index contributed by atoms with van der Waals surface area (Å²) in [6.45, 7) is 3.82. The molecule has 1 N–H and O–H groups in total. The molecule has 0 unspecified atom stereocenters. The van der Waals surface area contributed by atoms with Crippen LogP contribution >= 0.6 is 67.8 Å². The number of hydrogen-bond acceptors (Lipinski definition) is 3. The molecule has 0 aromatic heterocycles. The van der Waals surface area contributed by atoms with Gasteiger partial charge < -0.3 is 9.84 Å². The first-order chi connectivity index (χ1) is 8.66. The number of esters is 1. The van der Waals surface area contributed by atoms with Gasteiger partial charge >= 0.3 is 11.9 Å². The van der Waals surface area contributed by atoms with Crippen LogP contribution in [0.1, 0.15) is 26.7 Å². The van der Waals surface area contributed by atoms with Crippen LogP contribution in [0.4, 0.5) is 0 Å². The van der Waals surface area contributed by atoms with Crippen molar-refractivity contribution in [3.63, 3.8) is 0 Å². The van der Waals surface area contributed by atoms with Gasteiger partial charge in [0, 0.05) is 6.42 Å². The predicted molar refractivity (Wildman–Crippen MR) is 99.5 cm³/mol. The van der Waals surface area contributed by atoms with Crippen molar-refractivity contribution in [3.05, 3.63) is 0 Å². The Labute approximate surface area is 154 Å². The highest BCUT2D eigenvalue weighted by Gasteiger charge is 2.04. The Bertz CT molecular complexity index is 399. The van der Waals surface area contributed by atoms with Crippen LogP contribution in [0.3, 0.4) is 0 Å². The fourth-order valence-electron chi connectivity index (χ4n) is 0.463. The van der Waals surface area contributed by atoms with Gasteiger partial charge in [-0.2, -0.15) is 0 Å². The van der Waals surface area contributed by atoms with Gasteiger partial charge in [-0.25, -0.2) is 0 Å². The summed E-state index contributed by atoms with van der Waals surface area (Å²) in [6, 6.07) is 0. The maximum absolute atomic E-state index is 10.6. The average molecular weight is 602 g/mol. The third-order valence-electron chi connectivity index (χ3n) is 1.07. The van der Waals surface area contributed by atoms with E-state index in [4.69, 9.17) is 5.11 Å². The van der Waals surface area contributed by atoms with Crippen molar-refractivity contribution < 1.29 is 19.4 Å². The minimum absolute atomic E-state index is 0.00553. The number of rotatable bonds is 3. The molecule has 0 aliphatic rings. The van der Waals surface area contributed by atoms with Crippen LogP contribution in [-0.2, 0) is 14.3 Å². The first-order valence-electron chi connectivity index (χ1n) is 5.06. The lowest BCUT2D eigenvalue weighted by molar-refractivity contribution is -0.141. The SMILES string of the molecule is CC(I)(I)I.CCC(=O)OCC#CC#CCC(=O)O. The first-order valence-corrected chi connectivity index (χ1v) is 8.30. The Kier molecular flexibility index (Phi) is 15.0. The summed E-state index contributed by atoms with van der Waals surface area (Å²) in [4.78, 5) is 20.6. The molecule has 0 bridgehead atoms. The van der Waals surface area contributed by atoms with E-state index in [9.17, 15) is 9.59 Å². The summed E-state index contributed by atoms with van der Waals surface area (Å²) >= 11 is 7.05. The number of halogens is 3. The summed E-state index contributed by atoms with van der Waals surface area (Å²) in [5, 5.41) is 8.20. The molecular formula is C12H13I3O4. The van der Waals surface area contributed by atoms with E-state index >= 15 is 0 Å². The van der Waals surface area contributed by atoms with Crippen molar-refractivity contribution in [1.82, 2.24) is 0 Å². The van der Waals surface area contributed by atoms with Gasteiger partial charge in [-0.15, -0.1) is 0 Å². The lowest BCUT2D eigenvalue weighted by Crippen LogP contribution is -2.01. The lowest BCUT2D eigenvalue weighted by atomic mass is 10.4. The van der Waals surface area contributed by atoms with E-state index in [1.54, 1.807) is 6.92 Å². The summed E-state index contributed by atoms with van der Waals surface area (Å²) in [7, 11) is 0. The second-order valence-corrected chi connectivity index (χ2v) is 15.6. The van der Waals surface area contributed by atoms with E-state index in [2.05, 4.69) is 103 Å². The zero-order valence-corrected chi connectivity index (χ0v) is 16.9. The molecule has 0 atom stereocenters. The number of carboxylic acids is 1. The summed E-state index contributed by atoms with van der Waals surface area (Å²) in [6.07, 6.45) is 0.0792. The fraction of sp³-hybridized carbons (Fsp3) is 0.500. The lowest BCUT2D eigenvalue weighted by Gasteiger charge is -1.96. The first kappa shape index (κ1) is 21.5. The smallest absolute Gasteiger partial charge is 0.315 e. The normalized spacial score (nSPS) is 8.68. The summed E-state index contributed by atoms with van der Waals surface area (Å²) in [5.41, 5.74) is 0. The number of carbonyl (C=O) groups is 2. The molecule has 0 aliphatic carbocycles. The third kappa shape index (κ3) is 32.1. The van der Waals surface area contributed by atoms with Crippen LogP contribution in [0.2, 0.25) is 0 Å². The Morgan fingerprint density at radius 2 is 1.68 bits per heavy atom. The second kappa shape index (κ2) is 13.2. The van der Waals surface area contributed by atoms with Crippen molar-refractivity contribution in [2.45, 2.75) is 26.1 Å². The van der Waals surface area contributed by atoms with E-state index in [1.165, 1.54) is 0 Å². The molecule has 19 heavy (non-hydrogen) atoms. The molecule has 0 radical (unpaired) electrons. The molecule has 0 aliphatic heterocycles. The molecule has 0 heterocycles. The maximum atomic E-state index is 10.6. The molecular weight excluding hydrogens is 589 g/mol. The van der Waals surface area contributed by atoms with E-state index in [0.717, 1.165) is 0 Å². The summed E-state index contributed by atoms with van der Waals surface area (Å²) < 4.78 is 5.03. The second-order valence-electron chi connectivity index (χ2n) is 2.97. The highest BCUT2D eigenvalue weighted by Crippen LogP contribution is 2.33. The van der Waals surface area contributed by atoms with Gasteiger partial charge in [0.05, 0.1) is 0 Å². The average Bonchev–Trinajstić information content (AvgIpc) is 2.24. The number of hydrogen-bond donors (Lipinski definition) is 1. The summed E-state index contributed by atoms with van der Waals surface area (Å²) in [5.74, 6) is 8.17. The van der Waals surface area contributed by atoms with E-state index < -0.39 is 5.97 Å². The Balaban J connectivity index is 0. The van der Waals surface area contributed by atoms with Gasteiger partial charge in [0.15, 0.2) is 6.61 Å². The van der Waals surface area contributed by atoms with Gasteiger partial charge in [-0.1, -0.05) is 80.6 Å². The van der Waals surface area contributed by atoms with Crippen molar-refractivity contribution in [3.8, 4) is 23.7 Å². The Hall–Kier alpha value is 0.250. The zero-order chi connectivity index (χ0) is 15.3. The number of alkyl halides is 3. The predicted octanol–water partition coefficient (Wildman–Crippen LogP) is 3.39. The molecule has 0 fully saturated rings. The van der Waals surface area contributed by atoms with Crippen LogP contribution < -0.4 is 0 Å². The van der Waals surface area contributed by atoms with Crippen LogP contribution in [0, 0.1) is 23.7 Å². The molecule has 0 spiro atoms. The molecule has 0 aromatic rings. The largest absolute Gasteiger partial charge is 0.481 e. The maximum Gasteiger partial charge on any atom is 0.315 e. The molecule has 0 aromatic carbocycles. The number of carboxylic acid groups (broad SMARTS) is 1. The van der Waals surface area contributed by atoms with Gasteiger partial charge in [0.1, 0.15) is 5.86 Å². The van der Waals surface area contributed by atoms with Crippen molar-refractivity contribution in [2.75, 3.05) is 6.61 Å². The fourth-order valence-corrected chi connectivity index (χ4v) is 0.463. The highest BCUT2D eigenvalue weighted by atomic mass is 127. The molecule has 0 saturated heterocycles. The molecule has 0 saturated carbocycles. The van der Waals surface area contributed by atoms with Crippen LogP contribution in [-0.4, -0.2) is 23.1 Å². The van der Waals surface area contributed by atoms with Gasteiger partial charge in [0.25, 0.3) is 0 Å². The minimum atomic E-state index is -0.989. The molecule has 0 rings (SSSR count). The van der Waals surface area contributed by atoms with Gasteiger partial charge in [-0.05, 0) is 24.7 Å². The standard InChI is InChI=1S/C10H10O4.C2H3I3/c1-2-10(13)14-8-6-4-3-5-7-9(11)12;1-2(3,4)5/h2,7-8H2,1H3,(H,11,12);1H3. The number of aliphatic carboxylic acids is 1. The zero-order valence-electron chi connectivity index (χ0n) is 10.4. The number of carbonyl (C=O) groups excluding carboxylic acids is 1. The minimum Gasteiger partial charge on any atom is -0.481 e. The van der Waals surface area contributed by atoms with Gasteiger partial charge in [-0.3, -0.25) is 9.59 Å². The van der Waals surface area contributed by atoms with Crippen molar-refractivity contribution in [2.24, 2.45) is 0 Å². The molecule has 0 amide bonds. The third-order valence-corrected chi connectivity index (χ3v) is 1.07. The monoisotopic (exact) mass is 602 g/mol. The highest BCUT2D eigenvalue weighted by molar-refractivity contribution is 14.3. The Morgan fingerprint density at radius 1 is 1.21 bits per heavy atom. The topological polar surface area (TPSA) is 63.6 Å². The number of ether oxygens (including phenoxy) is 1. The van der Waals surface area contributed by atoms with E-state index in [1.807, 2.05) is 0 Å². The van der Waals surface area contributed by atoms with Crippen molar-refractivity contribution >= 4 is 79.7 Å². The Morgan fingerprint density at radius 3 is 2.11 bits per heavy atom. The van der Waals surface area contributed by atoms with Crippen molar-refractivity contribution in [1.29, 1.82) is 0 Å². The van der Waals surface area contributed by atoms with E-state index in [0.29, 0.717) is 5.86 Å². The van der Waals surface area contributed by atoms with Crippen LogP contribution in [0.5, 0.6) is 0 Å². The van der Waals surface area contributed by atoms with E-state index in [-0.39, 0.29) is 19.0 Å². The van der Waals surface area contributed by atoms with Crippen LogP contribution in [0.15, 0.2) is 0 Å². The molecule has 4 nitrogen and oxygen atoms in total.